The molecule has 0 unspecified atom stereocenters. The van der Waals surface area contributed by atoms with Crippen LogP contribution in [0.4, 0.5) is 4.39 Å². The molecule has 27 heavy (non-hydrogen) atoms. The molecular weight excluding hydrogens is 331 g/mol. The van der Waals surface area contributed by atoms with Gasteiger partial charge in [-0.2, -0.15) is 0 Å². The van der Waals surface area contributed by atoms with E-state index < -0.39 is 0 Å². The average Bonchev–Trinajstić information content (AvgIpc) is 2.66. The summed E-state index contributed by atoms with van der Waals surface area (Å²) in [6, 6.07) is 20.4. The third-order valence-corrected chi connectivity index (χ3v) is 4.75. The first-order valence-electron chi connectivity index (χ1n) is 9.55. The molecule has 0 spiro atoms. The van der Waals surface area contributed by atoms with Crippen LogP contribution in [0.2, 0.25) is 0 Å². The fourth-order valence-corrected chi connectivity index (χ4v) is 3.20. The zero-order valence-corrected chi connectivity index (χ0v) is 16.3. The topological polar surface area (TPSA) is 0 Å². The molecular formula is C26H25F. The predicted octanol–water partition coefficient (Wildman–Crippen LogP) is 6.85. The van der Waals surface area contributed by atoms with Gasteiger partial charge >= 0.3 is 0 Å². The molecule has 0 N–H and O–H groups in total. The Hall–Kier alpha value is -2.85. The van der Waals surface area contributed by atoms with Gasteiger partial charge in [-0.3, -0.25) is 0 Å². The minimum Gasteiger partial charge on any atom is -0.206 e. The van der Waals surface area contributed by atoms with Crippen molar-refractivity contribution in [3.63, 3.8) is 0 Å². The molecule has 3 aromatic carbocycles. The molecule has 0 atom stereocenters. The third kappa shape index (κ3) is 4.86. The third-order valence-electron chi connectivity index (χ3n) is 4.75. The van der Waals surface area contributed by atoms with Gasteiger partial charge in [-0.25, -0.2) is 4.39 Å². The summed E-state index contributed by atoms with van der Waals surface area (Å²) in [7, 11) is 0. The zero-order chi connectivity index (χ0) is 19.2. The smallest absolute Gasteiger partial charge is 0.139 e. The number of rotatable bonds is 4. The van der Waals surface area contributed by atoms with Gasteiger partial charge in [-0.15, -0.1) is 0 Å². The van der Waals surface area contributed by atoms with E-state index in [0.717, 1.165) is 23.1 Å². The molecule has 0 saturated carbocycles. The molecule has 136 valence electrons. The Balaban J connectivity index is 1.77. The summed E-state index contributed by atoms with van der Waals surface area (Å²) in [4.78, 5) is 0. The number of halogens is 1. The number of hydrogen-bond donors (Lipinski definition) is 0. The highest BCUT2D eigenvalue weighted by molar-refractivity contribution is 5.65. The summed E-state index contributed by atoms with van der Waals surface area (Å²) in [5.74, 6) is 5.82. The Kier molecular flexibility index (Phi) is 6.09. The van der Waals surface area contributed by atoms with E-state index in [1.165, 1.54) is 35.6 Å². The van der Waals surface area contributed by atoms with Crippen molar-refractivity contribution in [3.05, 3.63) is 94.3 Å². The van der Waals surface area contributed by atoms with Gasteiger partial charge in [0.25, 0.3) is 0 Å². The van der Waals surface area contributed by atoms with E-state index in [9.17, 15) is 4.39 Å². The van der Waals surface area contributed by atoms with Crippen molar-refractivity contribution in [1.82, 2.24) is 0 Å². The first-order chi connectivity index (χ1) is 13.1. The van der Waals surface area contributed by atoms with Crippen LogP contribution in [0.25, 0.3) is 11.1 Å². The van der Waals surface area contributed by atoms with Gasteiger partial charge in [0.05, 0.1) is 5.56 Å². The molecule has 0 radical (unpaired) electrons. The largest absolute Gasteiger partial charge is 0.206 e. The lowest BCUT2D eigenvalue weighted by molar-refractivity contribution is 0.622. The number of benzene rings is 3. The fourth-order valence-electron chi connectivity index (χ4n) is 3.20. The average molecular weight is 356 g/mol. The monoisotopic (exact) mass is 356 g/mol. The van der Waals surface area contributed by atoms with Crippen LogP contribution < -0.4 is 0 Å². The summed E-state index contributed by atoms with van der Waals surface area (Å²) in [5.41, 5.74) is 6.92. The molecule has 0 amide bonds. The normalized spacial score (nSPS) is 10.4. The molecule has 0 aliphatic rings. The summed E-state index contributed by atoms with van der Waals surface area (Å²) in [6.45, 7) is 6.00. The van der Waals surface area contributed by atoms with Gasteiger partial charge in [0.1, 0.15) is 5.82 Å². The highest BCUT2D eigenvalue weighted by Crippen LogP contribution is 2.21. The zero-order valence-electron chi connectivity index (χ0n) is 16.3. The molecule has 0 bridgehead atoms. The molecule has 0 nitrogen and oxygen atoms in total. The summed E-state index contributed by atoms with van der Waals surface area (Å²) < 4.78 is 14.1. The lowest BCUT2D eigenvalue weighted by Gasteiger charge is -2.05. The van der Waals surface area contributed by atoms with Crippen LogP contribution in [0.3, 0.4) is 0 Å². The molecule has 0 aliphatic heterocycles. The first kappa shape index (κ1) is 18.9. The van der Waals surface area contributed by atoms with Crippen LogP contribution in [0.5, 0.6) is 0 Å². The van der Waals surface area contributed by atoms with Gasteiger partial charge in [0.2, 0.25) is 0 Å². The second-order valence-corrected chi connectivity index (χ2v) is 7.07. The maximum atomic E-state index is 14.1. The Morgan fingerprint density at radius 2 is 1.44 bits per heavy atom. The van der Waals surface area contributed by atoms with Gasteiger partial charge in [0.15, 0.2) is 0 Å². The van der Waals surface area contributed by atoms with Crippen molar-refractivity contribution in [2.75, 3.05) is 0 Å². The van der Waals surface area contributed by atoms with E-state index >= 15 is 0 Å². The second kappa shape index (κ2) is 8.69. The Morgan fingerprint density at radius 1 is 0.815 bits per heavy atom. The van der Waals surface area contributed by atoms with Crippen LogP contribution in [-0.2, 0) is 6.42 Å². The SMILES string of the molecule is CCCCc1ccc(-c2ccc(C#Cc3c(C)cc(C)cc3F)cc2)cc1. The number of unbranched alkanes of at least 4 members (excludes halogenated alkanes) is 1. The van der Waals surface area contributed by atoms with Crippen molar-refractivity contribution in [2.24, 2.45) is 0 Å². The lowest BCUT2D eigenvalue weighted by atomic mass is 10.0. The summed E-state index contributed by atoms with van der Waals surface area (Å²) >= 11 is 0. The van der Waals surface area contributed by atoms with E-state index in [-0.39, 0.29) is 5.82 Å². The minimum absolute atomic E-state index is 0.250. The molecule has 0 fully saturated rings. The predicted molar refractivity (Wildman–Crippen MR) is 112 cm³/mol. The maximum absolute atomic E-state index is 14.1. The van der Waals surface area contributed by atoms with Crippen LogP contribution >= 0.6 is 0 Å². The van der Waals surface area contributed by atoms with Crippen molar-refractivity contribution in [1.29, 1.82) is 0 Å². The molecule has 0 saturated heterocycles. The molecule has 0 aliphatic carbocycles. The molecule has 3 rings (SSSR count). The number of hydrogen-bond acceptors (Lipinski definition) is 0. The van der Waals surface area contributed by atoms with Gasteiger partial charge in [-0.05, 0) is 72.7 Å². The summed E-state index contributed by atoms with van der Waals surface area (Å²) in [6.07, 6.45) is 3.59. The quantitative estimate of drug-likeness (QED) is 0.448. The molecule has 0 heterocycles. The van der Waals surface area contributed by atoms with Crippen LogP contribution in [0.1, 0.15) is 47.6 Å². The van der Waals surface area contributed by atoms with E-state index in [2.05, 4.69) is 55.2 Å². The Labute approximate surface area is 162 Å². The van der Waals surface area contributed by atoms with E-state index in [0.29, 0.717) is 5.56 Å². The Morgan fingerprint density at radius 3 is 2.04 bits per heavy atom. The van der Waals surface area contributed by atoms with Gasteiger partial charge in [-0.1, -0.05) is 67.6 Å². The first-order valence-corrected chi connectivity index (χ1v) is 9.55. The highest BCUT2D eigenvalue weighted by atomic mass is 19.1. The van der Waals surface area contributed by atoms with Crippen LogP contribution in [-0.4, -0.2) is 0 Å². The lowest BCUT2D eigenvalue weighted by Crippen LogP contribution is -1.90. The van der Waals surface area contributed by atoms with E-state index in [1.807, 2.05) is 32.0 Å². The molecule has 0 aromatic heterocycles. The van der Waals surface area contributed by atoms with Crippen molar-refractivity contribution in [3.8, 4) is 23.0 Å². The second-order valence-electron chi connectivity index (χ2n) is 7.07. The Bertz CT molecular complexity index is 944. The van der Waals surface area contributed by atoms with Crippen LogP contribution in [0, 0.1) is 31.5 Å². The standard InChI is InChI=1S/C26H25F/c1-4-5-6-21-7-12-23(13-8-21)24-14-9-22(10-15-24)11-16-25-20(3)17-19(2)18-26(25)27/h7-10,12-15,17-18H,4-6H2,1-3H3. The highest BCUT2D eigenvalue weighted by Gasteiger charge is 2.04. The summed E-state index contributed by atoms with van der Waals surface area (Å²) in [5, 5.41) is 0. The van der Waals surface area contributed by atoms with Gasteiger partial charge < -0.3 is 0 Å². The van der Waals surface area contributed by atoms with Crippen molar-refractivity contribution >= 4 is 0 Å². The maximum Gasteiger partial charge on any atom is 0.139 e. The molecule has 1 heteroatoms. The van der Waals surface area contributed by atoms with E-state index in [4.69, 9.17) is 0 Å². The molecule has 3 aromatic rings. The van der Waals surface area contributed by atoms with E-state index in [1.54, 1.807) is 0 Å². The number of aryl methyl sites for hydroxylation is 3. The fraction of sp³-hybridized carbons (Fsp3) is 0.231. The van der Waals surface area contributed by atoms with Crippen molar-refractivity contribution < 1.29 is 4.39 Å². The van der Waals surface area contributed by atoms with Gasteiger partial charge in [0, 0.05) is 5.56 Å². The van der Waals surface area contributed by atoms with Crippen molar-refractivity contribution in [2.45, 2.75) is 40.0 Å². The minimum atomic E-state index is -0.250. The van der Waals surface area contributed by atoms with Crippen LogP contribution in [0.15, 0.2) is 60.7 Å².